The third-order valence-corrected chi connectivity index (χ3v) is 4.80. The predicted octanol–water partition coefficient (Wildman–Crippen LogP) is 2.27. The Morgan fingerprint density at radius 1 is 1.44 bits per heavy atom. The van der Waals surface area contributed by atoms with Crippen molar-refractivity contribution in [3.05, 3.63) is 34.7 Å². The van der Waals surface area contributed by atoms with E-state index >= 15 is 0 Å². The lowest BCUT2D eigenvalue weighted by Gasteiger charge is -2.38. The average Bonchev–Trinajstić information content (AvgIpc) is 2.66. The maximum atomic E-state index is 12.3. The number of aryl methyl sites for hydroxylation is 1. The van der Waals surface area contributed by atoms with E-state index in [4.69, 9.17) is 5.11 Å². The summed E-state index contributed by atoms with van der Waals surface area (Å²) in [6.07, 6.45) is 0. The standard InChI is InChI=1S/C14H15NO2S/c1-9-11-4-2-3-5-12(11)18-13(9)14(17)15-6-10(7-15)8-16/h2-5,10,16H,6-8H2,1H3. The molecule has 94 valence electrons. The Bertz CT molecular complexity index is 599. The van der Waals surface area contributed by atoms with Crippen molar-refractivity contribution in [1.82, 2.24) is 4.90 Å². The molecule has 1 N–H and O–H groups in total. The minimum atomic E-state index is 0.110. The molecule has 1 amide bonds. The molecule has 0 unspecified atom stereocenters. The molecule has 1 aliphatic rings. The molecular formula is C14H15NO2S. The smallest absolute Gasteiger partial charge is 0.264 e. The summed E-state index contributed by atoms with van der Waals surface area (Å²) in [6.45, 7) is 3.55. The maximum absolute atomic E-state index is 12.3. The van der Waals surface area contributed by atoms with Gasteiger partial charge in [0.25, 0.3) is 5.91 Å². The molecule has 1 aromatic heterocycles. The summed E-state index contributed by atoms with van der Waals surface area (Å²) >= 11 is 1.56. The second-order valence-corrected chi connectivity index (χ2v) is 5.86. The largest absolute Gasteiger partial charge is 0.396 e. The van der Waals surface area contributed by atoms with Gasteiger partial charge in [-0.15, -0.1) is 11.3 Å². The summed E-state index contributed by atoms with van der Waals surface area (Å²) in [4.78, 5) is 15.0. The van der Waals surface area contributed by atoms with Gasteiger partial charge in [-0.25, -0.2) is 0 Å². The molecule has 4 heteroatoms. The van der Waals surface area contributed by atoms with E-state index in [0.717, 1.165) is 15.1 Å². The highest BCUT2D eigenvalue weighted by Crippen LogP contribution is 2.32. The van der Waals surface area contributed by atoms with Crippen LogP contribution in [0.25, 0.3) is 10.1 Å². The summed E-state index contributed by atoms with van der Waals surface area (Å²) in [6, 6.07) is 8.11. The third kappa shape index (κ3) is 1.72. The highest BCUT2D eigenvalue weighted by atomic mass is 32.1. The molecule has 1 aromatic carbocycles. The summed E-state index contributed by atoms with van der Waals surface area (Å²) in [5, 5.41) is 10.2. The Kier molecular flexibility index (Phi) is 2.84. The lowest BCUT2D eigenvalue weighted by molar-refractivity contribution is 0.0366. The van der Waals surface area contributed by atoms with Gasteiger partial charge in [-0.2, -0.15) is 0 Å². The van der Waals surface area contributed by atoms with Crippen LogP contribution in [0.1, 0.15) is 15.2 Å². The van der Waals surface area contributed by atoms with Gasteiger partial charge in [0.2, 0.25) is 0 Å². The molecule has 2 aromatic rings. The van der Waals surface area contributed by atoms with Gasteiger partial charge in [0, 0.05) is 30.3 Å². The number of amides is 1. The Labute approximate surface area is 110 Å². The van der Waals surface area contributed by atoms with Crippen molar-refractivity contribution in [2.24, 2.45) is 5.92 Å². The molecule has 0 radical (unpaired) electrons. The number of benzene rings is 1. The van der Waals surface area contributed by atoms with Gasteiger partial charge in [-0.3, -0.25) is 4.79 Å². The van der Waals surface area contributed by atoms with Crippen LogP contribution in [-0.2, 0) is 0 Å². The third-order valence-electron chi connectivity index (χ3n) is 3.54. The molecular weight excluding hydrogens is 246 g/mol. The second-order valence-electron chi connectivity index (χ2n) is 4.81. The van der Waals surface area contributed by atoms with Gasteiger partial charge in [0.1, 0.15) is 0 Å². The Morgan fingerprint density at radius 2 is 2.17 bits per heavy atom. The van der Waals surface area contributed by atoms with E-state index in [1.165, 1.54) is 5.39 Å². The first-order chi connectivity index (χ1) is 8.70. The van der Waals surface area contributed by atoms with Crippen LogP contribution >= 0.6 is 11.3 Å². The van der Waals surface area contributed by atoms with Gasteiger partial charge in [-0.05, 0) is 23.9 Å². The summed E-state index contributed by atoms with van der Waals surface area (Å²) in [7, 11) is 0. The molecule has 3 rings (SSSR count). The zero-order valence-electron chi connectivity index (χ0n) is 10.2. The number of fused-ring (bicyclic) bond motifs is 1. The molecule has 1 fully saturated rings. The average molecular weight is 261 g/mol. The topological polar surface area (TPSA) is 40.5 Å². The number of carbonyl (C=O) groups is 1. The minimum Gasteiger partial charge on any atom is -0.396 e. The number of aliphatic hydroxyl groups is 1. The second kappa shape index (κ2) is 4.37. The zero-order valence-corrected chi connectivity index (χ0v) is 11.0. The van der Waals surface area contributed by atoms with E-state index in [0.29, 0.717) is 13.1 Å². The lowest BCUT2D eigenvalue weighted by Crippen LogP contribution is -2.51. The predicted molar refractivity (Wildman–Crippen MR) is 73.0 cm³/mol. The van der Waals surface area contributed by atoms with Crippen molar-refractivity contribution in [2.45, 2.75) is 6.92 Å². The van der Waals surface area contributed by atoms with Gasteiger partial charge in [0.15, 0.2) is 0 Å². The number of likely N-dealkylation sites (tertiary alicyclic amines) is 1. The van der Waals surface area contributed by atoms with Gasteiger partial charge in [-0.1, -0.05) is 18.2 Å². The van der Waals surface area contributed by atoms with E-state index in [1.807, 2.05) is 24.0 Å². The SMILES string of the molecule is Cc1c(C(=O)N2CC(CO)C2)sc2ccccc12. The van der Waals surface area contributed by atoms with Crippen LogP contribution in [0.4, 0.5) is 0 Å². The van der Waals surface area contributed by atoms with Crippen LogP contribution in [0.2, 0.25) is 0 Å². The monoisotopic (exact) mass is 261 g/mol. The van der Waals surface area contributed by atoms with Crippen molar-refractivity contribution in [3.63, 3.8) is 0 Å². The van der Waals surface area contributed by atoms with Gasteiger partial charge < -0.3 is 10.0 Å². The number of nitrogens with zero attached hydrogens (tertiary/aromatic N) is 1. The van der Waals surface area contributed by atoms with Crippen molar-refractivity contribution in [2.75, 3.05) is 19.7 Å². The van der Waals surface area contributed by atoms with E-state index < -0.39 is 0 Å². The summed E-state index contributed by atoms with van der Waals surface area (Å²) in [5.41, 5.74) is 1.08. The van der Waals surface area contributed by atoms with Gasteiger partial charge >= 0.3 is 0 Å². The molecule has 18 heavy (non-hydrogen) atoms. The molecule has 2 heterocycles. The number of rotatable bonds is 2. The van der Waals surface area contributed by atoms with Crippen LogP contribution in [0.3, 0.4) is 0 Å². The highest BCUT2D eigenvalue weighted by molar-refractivity contribution is 7.21. The number of carbonyl (C=O) groups excluding carboxylic acids is 1. The highest BCUT2D eigenvalue weighted by Gasteiger charge is 2.32. The summed E-state index contributed by atoms with van der Waals surface area (Å²) < 4.78 is 1.16. The molecule has 0 bridgehead atoms. The first-order valence-corrected chi connectivity index (χ1v) is 6.90. The van der Waals surface area contributed by atoms with Crippen molar-refractivity contribution < 1.29 is 9.90 Å². The number of aliphatic hydroxyl groups excluding tert-OH is 1. The van der Waals surface area contributed by atoms with Crippen molar-refractivity contribution in [3.8, 4) is 0 Å². The number of hydrogen-bond acceptors (Lipinski definition) is 3. The normalized spacial score (nSPS) is 16.0. The van der Waals surface area contributed by atoms with Crippen molar-refractivity contribution >= 4 is 27.3 Å². The van der Waals surface area contributed by atoms with Crippen LogP contribution in [-0.4, -0.2) is 35.6 Å². The van der Waals surface area contributed by atoms with Gasteiger partial charge in [0.05, 0.1) is 4.88 Å². The first kappa shape index (κ1) is 11.7. The Morgan fingerprint density at radius 3 is 2.83 bits per heavy atom. The van der Waals surface area contributed by atoms with E-state index in [2.05, 4.69) is 12.1 Å². The first-order valence-electron chi connectivity index (χ1n) is 6.09. The Hall–Kier alpha value is -1.39. The van der Waals surface area contributed by atoms with E-state index in [9.17, 15) is 4.79 Å². The minimum absolute atomic E-state index is 0.110. The van der Waals surface area contributed by atoms with E-state index in [1.54, 1.807) is 11.3 Å². The molecule has 0 atom stereocenters. The number of thiophene rings is 1. The molecule has 0 aliphatic carbocycles. The fourth-order valence-corrected chi connectivity index (χ4v) is 3.55. The van der Waals surface area contributed by atoms with Crippen LogP contribution in [0, 0.1) is 12.8 Å². The molecule has 0 spiro atoms. The maximum Gasteiger partial charge on any atom is 0.264 e. The molecule has 3 nitrogen and oxygen atoms in total. The van der Waals surface area contributed by atoms with Crippen LogP contribution in [0.5, 0.6) is 0 Å². The van der Waals surface area contributed by atoms with Crippen LogP contribution in [0.15, 0.2) is 24.3 Å². The van der Waals surface area contributed by atoms with Crippen LogP contribution < -0.4 is 0 Å². The quantitative estimate of drug-likeness (QED) is 0.901. The fraction of sp³-hybridized carbons (Fsp3) is 0.357. The van der Waals surface area contributed by atoms with Crippen molar-refractivity contribution in [1.29, 1.82) is 0 Å². The zero-order chi connectivity index (χ0) is 12.7. The number of hydrogen-bond donors (Lipinski definition) is 1. The Balaban J connectivity index is 1.90. The summed E-state index contributed by atoms with van der Waals surface area (Å²) in [5.74, 6) is 0.377. The molecule has 0 saturated carbocycles. The van der Waals surface area contributed by atoms with E-state index in [-0.39, 0.29) is 18.4 Å². The molecule has 1 saturated heterocycles. The molecule has 1 aliphatic heterocycles. The lowest BCUT2D eigenvalue weighted by atomic mass is 10.0. The fourth-order valence-electron chi connectivity index (χ4n) is 2.37.